The topological polar surface area (TPSA) is 67.8 Å². The minimum Gasteiger partial charge on any atom is -0.493 e. The van der Waals surface area contributed by atoms with Gasteiger partial charge in [0.05, 0.1) is 19.2 Å². The molecule has 0 saturated heterocycles. The summed E-state index contributed by atoms with van der Waals surface area (Å²) in [5.74, 6) is 1.96. The molecule has 2 rings (SSSR count). The van der Waals surface area contributed by atoms with Crippen LogP contribution in [0.1, 0.15) is 23.2 Å². The Morgan fingerprint density at radius 1 is 1.13 bits per heavy atom. The summed E-state index contributed by atoms with van der Waals surface area (Å²) in [6, 6.07) is 5.75. The second-order valence-corrected chi connectivity index (χ2v) is 6.94. The van der Waals surface area contributed by atoms with Crippen LogP contribution in [0.5, 0.6) is 11.5 Å². The van der Waals surface area contributed by atoms with Crippen molar-refractivity contribution in [2.75, 3.05) is 33.9 Å². The predicted octanol–water partition coefficient (Wildman–Crippen LogP) is 4.14. The van der Waals surface area contributed by atoms with Crippen LogP contribution >= 0.6 is 35.3 Å². The van der Waals surface area contributed by atoms with E-state index < -0.39 is 11.9 Å². The van der Waals surface area contributed by atoms with Gasteiger partial charge in [-0.15, -0.1) is 35.3 Å². The molecule has 0 aliphatic carbocycles. The molecule has 0 aliphatic rings. The summed E-state index contributed by atoms with van der Waals surface area (Å²) in [4.78, 5) is 8.03. The monoisotopic (exact) mass is 558 g/mol. The highest BCUT2D eigenvalue weighted by Gasteiger charge is 2.33. The molecule has 30 heavy (non-hydrogen) atoms. The third-order valence-electron chi connectivity index (χ3n) is 3.94. The van der Waals surface area contributed by atoms with E-state index in [0.717, 1.165) is 28.7 Å². The van der Waals surface area contributed by atoms with E-state index in [4.69, 9.17) is 9.47 Å². The number of benzene rings is 1. The average Bonchev–Trinajstić information content (AvgIpc) is 3.17. The molecule has 0 atom stereocenters. The zero-order chi connectivity index (χ0) is 21.3. The molecule has 0 fully saturated rings. The molecule has 0 saturated carbocycles. The summed E-state index contributed by atoms with van der Waals surface area (Å²) in [5.41, 5.74) is 0.231. The van der Waals surface area contributed by atoms with Gasteiger partial charge in [-0.25, -0.2) is 4.98 Å². The number of aromatic nitrogens is 1. The van der Waals surface area contributed by atoms with E-state index in [2.05, 4.69) is 20.6 Å². The van der Waals surface area contributed by atoms with Crippen molar-refractivity contribution in [3.05, 3.63) is 39.8 Å². The van der Waals surface area contributed by atoms with Crippen molar-refractivity contribution in [2.45, 2.75) is 25.9 Å². The Morgan fingerprint density at radius 3 is 2.47 bits per heavy atom. The number of alkyl halides is 3. The lowest BCUT2D eigenvalue weighted by atomic mass is 10.1. The van der Waals surface area contributed by atoms with E-state index in [1.807, 2.05) is 25.1 Å². The van der Waals surface area contributed by atoms with Crippen molar-refractivity contribution in [1.82, 2.24) is 15.6 Å². The number of halogens is 4. The highest BCUT2D eigenvalue weighted by Crippen LogP contribution is 2.30. The van der Waals surface area contributed by atoms with Crippen molar-refractivity contribution in [1.29, 1.82) is 0 Å². The molecular weight excluding hydrogens is 532 g/mol. The summed E-state index contributed by atoms with van der Waals surface area (Å²) < 4.78 is 48.3. The Labute approximate surface area is 195 Å². The number of hydrogen-bond acceptors (Lipinski definition) is 5. The first-order valence-electron chi connectivity index (χ1n) is 9.12. The van der Waals surface area contributed by atoms with E-state index in [0.29, 0.717) is 48.5 Å². The van der Waals surface area contributed by atoms with Gasteiger partial charge in [0.1, 0.15) is 0 Å². The maximum atomic E-state index is 12.6. The second-order valence-electron chi connectivity index (χ2n) is 6.00. The number of ether oxygens (including phenoxy) is 2. The standard InChI is InChI=1S/C19H25F3N4O2S.HI/c1-4-23-18(25-10-8-17-26-16(12-29-17)19(20,21)22)24-9-7-13-5-6-14(27-2)15(11-13)28-3;/h5-6,11-12H,4,7-10H2,1-3H3,(H2,23,24,25);1H. The fraction of sp³-hybridized carbons (Fsp3) is 0.474. The molecule has 2 aromatic rings. The lowest BCUT2D eigenvalue weighted by molar-refractivity contribution is -0.140. The third-order valence-corrected chi connectivity index (χ3v) is 4.84. The number of hydrogen-bond donors (Lipinski definition) is 2. The summed E-state index contributed by atoms with van der Waals surface area (Å²) in [5, 5.41) is 7.80. The molecule has 1 heterocycles. The van der Waals surface area contributed by atoms with Crippen LogP contribution < -0.4 is 20.1 Å². The van der Waals surface area contributed by atoms with Crippen LogP contribution in [0, 0.1) is 0 Å². The first-order chi connectivity index (χ1) is 13.9. The molecule has 0 bridgehead atoms. The van der Waals surface area contributed by atoms with E-state index in [9.17, 15) is 13.2 Å². The number of guanidine groups is 1. The van der Waals surface area contributed by atoms with E-state index in [1.54, 1.807) is 14.2 Å². The van der Waals surface area contributed by atoms with Crippen molar-refractivity contribution < 1.29 is 22.6 Å². The highest BCUT2D eigenvalue weighted by atomic mass is 127. The maximum absolute atomic E-state index is 12.6. The third kappa shape index (κ3) is 8.17. The second kappa shape index (κ2) is 12.8. The van der Waals surface area contributed by atoms with E-state index in [-0.39, 0.29) is 24.0 Å². The molecule has 2 N–H and O–H groups in total. The van der Waals surface area contributed by atoms with Crippen LogP contribution in [0.15, 0.2) is 28.6 Å². The summed E-state index contributed by atoms with van der Waals surface area (Å²) in [6.45, 7) is 3.60. The first kappa shape index (κ1) is 26.3. The molecule has 1 aromatic carbocycles. The molecule has 6 nitrogen and oxygen atoms in total. The van der Waals surface area contributed by atoms with Crippen LogP contribution in [0.4, 0.5) is 13.2 Å². The minimum absolute atomic E-state index is 0. The van der Waals surface area contributed by atoms with Crippen LogP contribution in [-0.2, 0) is 19.0 Å². The van der Waals surface area contributed by atoms with Gasteiger partial charge >= 0.3 is 6.18 Å². The molecular formula is C19H26F3IN4O2S. The van der Waals surface area contributed by atoms with Crippen LogP contribution in [0.2, 0.25) is 0 Å². The van der Waals surface area contributed by atoms with Gasteiger partial charge in [0.15, 0.2) is 23.2 Å². The summed E-state index contributed by atoms with van der Waals surface area (Å²) >= 11 is 1.000. The van der Waals surface area contributed by atoms with Crippen LogP contribution in [-0.4, -0.2) is 44.8 Å². The van der Waals surface area contributed by atoms with Gasteiger partial charge in [-0.2, -0.15) is 13.2 Å². The van der Waals surface area contributed by atoms with E-state index in [1.165, 1.54) is 0 Å². The molecule has 11 heteroatoms. The smallest absolute Gasteiger partial charge is 0.434 e. The first-order valence-corrected chi connectivity index (χ1v) is 10.00. The normalized spacial score (nSPS) is 11.6. The lowest BCUT2D eigenvalue weighted by Crippen LogP contribution is -2.38. The summed E-state index contributed by atoms with van der Waals surface area (Å²) in [6.07, 6.45) is -3.31. The quantitative estimate of drug-likeness (QED) is 0.275. The van der Waals surface area contributed by atoms with Crippen LogP contribution in [0.3, 0.4) is 0 Å². The van der Waals surface area contributed by atoms with Gasteiger partial charge in [-0.05, 0) is 31.0 Å². The zero-order valence-electron chi connectivity index (χ0n) is 17.0. The number of nitrogens with zero attached hydrogens (tertiary/aromatic N) is 2. The number of thiazole rings is 1. The highest BCUT2D eigenvalue weighted by molar-refractivity contribution is 14.0. The largest absolute Gasteiger partial charge is 0.493 e. The number of aliphatic imine (C=N–C) groups is 1. The van der Waals surface area contributed by atoms with Gasteiger partial charge in [-0.3, -0.25) is 4.99 Å². The SMILES string of the molecule is CCNC(=NCCc1nc(C(F)(F)F)cs1)NCCc1ccc(OC)c(OC)c1.I. The Bertz CT molecular complexity index is 815. The lowest BCUT2D eigenvalue weighted by Gasteiger charge is -2.12. The van der Waals surface area contributed by atoms with Gasteiger partial charge in [-0.1, -0.05) is 6.07 Å². The maximum Gasteiger partial charge on any atom is 0.434 e. The van der Waals surface area contributed by atoms with Crippen molar-refractivity contribution in [2.24, 2.45) is 4.99 Å². The fourth-order valence-corrected chi connectivity index (χ4v) is 3.32. The Kier molecular flexibility index (Phi) is 11.2. The molecule has 0 aliphatic heterocycles. The van der Waals surface area contributed by atoms with Crippen LogP contribution in [0.25, 0.3) is 0 Å². The van der Waals surface area contributed by atoms with Gasteiger partial charge in [0.25, 0.3) is 0 Å². The van der Waals surface area contributed by atoms with Crippen molar-refractivity contribution in [3.8, 4) is 11.5 Å². The predicted molar refractivity (Wildman–Crippen MR) is 123 cm³/mol. The molecule has 0 spiro atoms. The zero-order valence-corrected chi connectivity index (χ0v) is 20.2. The number of methoxy groups -OCH3 is 2. The fourth-order valence-electron chi connectivity index (χ4n) is 2.52. The Morgan fingerprint density at radius 2 is 1.87 bits per heavy atom. The van der Waals surface area contributed by atoms with E-state index >= 15 is 0 Å². The Hall–Kier alpha value is -1.76. The Balaban J connectivity index is 0.00000450. The molecule has 1 aromatic heterocycles. The number of rotatable bonds is 9. The number of nitrogens with one attached hydrogen (secondary N) is 2. The molecule has 0 amide bonds. The van der Waals surface area contributed by atoms with Gasteiger partial charge in [0.2, 0.25) is 0 Å². The van der Waals surface area contributed by atoms with Crippen molar-refractivity contribution >= 4 is 41.3 Å². The van der Waals surface area contributed by atoms with Gasteiger partial charge in [0, 0.05) is 31.4 Å². The molecule has 168 valence electrons. The molecule has 0 radical (unpaired) electrons. The van der Waals surface area contributed by atoms with Crippen molar-refractivity contribution in [3.63, 3.8) is 0 Å². The summed E-state index contributed by atoms with van der Waals surface area (Å²) in [7, 11) is 3.18. The average molecular weight is 558 g/mol. The molecule has 0 unspecified atom stereocenters. The minimum atomic E-state index is -4.40. The van der Waals surface area contributed by atoms with Gasteiger partial charge < -0.3 is 20.1 Å².